The topological polar surface area (TPSA) is 79.9 Å². The molecule has 2 rings (SSSR count). The monoisotopic (exact) mass is 237 g/mol. The highest BCUT2D eigenvalue weighted by atomic mass is 32.1. The molecular weight excluding hydrogens is 228 g/mol. The van der Waals surface area contributed by atoms with E-state index in [-0.39, 0.29) is 6.42 Å². The molecule has 0 aromatic carbocycles. The van der Waals surface area contributed by atoms with E-state index in [1.54, 1.807) is 22.6 Å². The largest absolute Gasteiger partial charge is 0.481 e. The van der Waals surface area contributed by atoms with Crippen LogP contribution >= 0.6 is 11.5 Å². The summed E-state index contributed by atoms with van der Waals surface area (Å²) >= 11 is 1.28. The molecule has 2 aromatic heterocycles. The van der Waals surface area contributed by atoms with E-state index in [0.717, 1.165) is 5.56 Å². The van der Waals surface area contributed by atoms with Gasteiger partial charge in [-0.15, -0.1) is 0 Å². The molecule has 2 heterocycles. The van der Waals surface area contributed by atoms with Crippen molar-refractivity contribution in [3.63, 3.8) is 0 Å². The smallest absolute Gasteiger partial charge is 0.309 e. The number of aromatic nitrogens is 4. The number of hydrogen-bond acceptors (Lipinski definition) is 5. The van der Waals surface area contributed by atoms with Gasteiger partial charge in [0.15, 0.2) is 18.6 Å². The first-order chi connectivity index (χ1) is 7.75. The van der Waals surface area contributed by atoms with Gasteiger partial charge < -0.3 is 5.11 Å². The highest BCUT2D eigenvalue weighted by Gasteiger charge is 2.08. The van der Waals surface area contributed by atoms with E-state index in [9.17, 15) is 4.79 Å². The van der Waals surface area contributed by atoms with Crippen LogP contribution in [0.2, 0.25) is 0 Å². The Bertz CT molecular complexity index is 469. The van der Waals surface area contributed by atoms with E-state index in [2.05, 4.69) is 14.5 Å². The Balaban J connectivity index is 2.08. The van der Waals surface area contributed by atoms with Crippen molar-refractivity contribution in [2.24, 2.45) is 0 Å². The zero-order valence-electron chi connectivity index (χ0n) is 8.28. The number of nitrogens with zero attached hydrogens (tertiary/aromatic N) is 4. The molecule has 0 aliphatic carbocycles. The summed E-state index contributed by atoms with van der Waals surface area (Å²) in [6.07, 6.45) is 3.41. The van der Waals surface area contributed by atoms with Crippen LogP contribution in [0.25, 0.3) is 11.4 Å². The van der Waals surface area contributed by atoms with Crippen LogP contribution in [0, 0.1) is 0 Å². The van der Waals surface area contributed by atoms with Crippen LogP contribution in [0.15, 0.2) is 24.0 Å². The number of carboxylic acids is 1. The maximum Gasteiger partial charge on any atom is 0.309 e. The second-order valence-corrected chi connectivity index (χ2v) is 3.68. The zero-order valence-corrected chi connectivity index (χ0v) is 9.09. The first kappa shape index (κ1) is 10.6. The molecule has 0 radical (unpaired) electrons. The third-order valence-electron chi connectivity index (χ3n) is 1.95. The Labute approximate surface area is 95.4 Å². The van der Waals surface area contributed by atoms with Crippen LogP contribution in [0.1, 0.15) is 6.42 Å². The fourth-order valence-corrected chi connectivity index (χ4v) is 1.60. The van der Waals surface area contributed by atoms with Crippen molar-refractivity contribution in [1.82, 2.24) is 14.5 Å². The maximum absolute atomic E-state index is 10.4. The molecule has 0 atom stereocenters. The molecule has 0 fully saturated rings. The van der Waals surface area contributed by atoms with Crippen LogP contribution < -0.4 is 4.68 Å². The summed E-state index contributed by atoms with van der Waals surface area (Å²) < 4.78 is 5.65. The predicted molar refractivity (Wildman–Crippen MR) is 55.6 cm³/mol. The molecule has 0 bridgehead atoms. The Morgan fingerprint density at radius 3 is 3.00 bits per heavy atom. The van der Waals surface area contributed by atoms with Crippen molar-refractivity contribution in [3.05, 3.63) is 24.0 Å². The molecule has 2 aromatic rings. The fourth-order valence-electron chi connectivity index (χ4n) is 1.16. The Hall–Kier alpha value is -1.89. The molecule has 1 N–H and O–H groups in total. The first-order valence-corrected chi connectivity index (χ1v) is 5.43. The van der Waals surface area contributed by atoms with E-state index >= 15 is 0 Å². The molecule has 0 amide bonds. The minimum Gasteiger partial charge on any atom is -0.481 e. The van der Waals surface area contributed by atoms with Crippen LogP contribution in [-0.2, 0) is 11.3 Å². The van der Waals surface area contributed by atoms with Crippen LogP contribution in [0.3, 0.4) is 0 Å². The van der Waals surface area contributed by atoms with Gasteiger partial charge >= 0.3 is 5.97 Å². The molecular formula is C9H9N4O2S+. The van der Waals surface area contributed by atoms with E-state index in [1.165, 1.54) is 11.5 Å². The lowest BCUT2D eigenvalue weighted by Crippen LogP contribution is -2.38. The minimum atomic E-state index is -0.834. The van der Waals surface area contributed by atoms with Crippen molar-refractivity contribution in [2.45, 2.75) is 13.0 Å². The average molecular weight is 237 g/mol. The van der Waals surface area contributed by atoms with Gasteiger partial charge in [-0.25, -0.2) is 4.98 Å². The number of hydrogen-bond donors (Lipinski definition) is 1. The lowest BCUT2D eigenvalue weighted by atomic mass is 10.3. The van der Waals surface area contributed by atoms with Crippen molar-refractivity contribution < 1.29 is 14.6 Å². The predicted octanol–water partition coefficient (Wildman–Crippen LogP) is 0.362. The quantitative estimate of drug-likeness (QED) is 0.777. The summed E-state index contributed by atoms with van der Waals surface area (Å²) in [4.78, 5) is 14.4. The fraction of sp³-hybridized carbons (Fsp3) is 0.222. The molecule has 0 aliphatic heterocycles. The first-order valence-electron chi connectivity index (χ1n) is 4.60. The summed E-state index contributed by atoms with van der Waals surface area (Å²) in [5, 5.41) is 12.6. The average Bonchev–Trinajstić information content (AvgIpc) is 2.80. The molecule has 0 unspecified atom stereocenters. The van der Waals surface area contributed by atoms with Gasteiger partial charge in [0.2, 0.25) is 0 Å². The summed E-state index contributed by atoms with van der Waals surface area (Å²) in [6.45, 7) is 0.361. The van der Waals surface area contributed by atoms with Gasteiger partial charge in [-0.1, -0.05) is 4.68 Å². The van der Waals surface area contributed by atoms with Crippen LogP contribution in [0.4, 0.5) is 0 Å². The van der Waals surface area contributed by atoms with Gasteiger partial charge in [-0.05, 0) is 16.6 Å². The molecule has 7 heteroatoms. The normalized spacial score (nSPS) is 10.2. The minimum absolute atomic E-state index is 0.0615. The molecule has 0 aliphatic rings. The number of rotatable bonds is 4. The van der Waals surface area contributed by atoms with E-state index in [0.29, 0.717) is 12.4 Å². The SMILES string of the molecule is O=C(O)CC[n+]1ccc(-c2ncsn2)cn1. The summed E-state index contributed by atoms with van der Waals surface area (Å²) in [5.74, 6) is -0.192. The molecule has 0 spiro atoms. The summed E-state index contributed by atoms with van der Waals surface area (Å²) in [6, 6.07) is 1.82. The maximum atomic E-state index is 10.4. The zero-order chi connectivity index (χ0) is 11.4. The lowest BCUT2D eigenvalue weighted by molar-refractivity contribution is -0.752. The summed E-state index contributed by atoms with van der Waals surface area (Å²) in [7, 11) is 0. The van der Waals surface area contributed by atoms with Crippen LogP contribution in [-0.4, -0.2) is 25.5 Å². The van der Waals surface area contributed by atoms with Gasteiger partial charge in [0, 0.05) is 6.07 Å². The van der Waals surface area contributed by atoms with E-state index in [4.69, 9.17) is 5.11 Å². The second kappa shape index (κ2) is 4.75. The van der Waals surface area contributed by atoms with Crippen molar-refractivity contribution >= 4 is 17.5 Å². The number of carboxylic acid groups (broad SMARTS) is 1. The Morgan fingerprint density at radius 1 is 1.56 bits per heavy atom. The van der Waals surface area contributed by atoms with Crippen molar-refractivity contribution in [2.75, 3.05) is 0 Å². The van der Waals surface area contributed by atoms with Gasteiger partial charge in [0.1, 0.15) is 18.1 Å². The van der Waals surface area contributed by atoms with Gasteiger partial charge in [0.25, 0.3) is 0 Å². The molecule has 6 nitrogen and oxygen atoms in total. The molecule has 82 valence electrons. The highest BCUT2D eigenvalue weighted by molar-refractivity contribution is 7.03. The van der Waals surface area contributed by atoms with Gasteiger partial charge in [-0.3, -0.25) is 4.79 Å². The second-order valence-electron chi connectivity index (χ2n) is 3.08. The van der Waals surface area contributed by atoms with E-state index in [1.807, 2.05) is 6.07 Å². The number of carbonyl (C=O) groups is 1. The summed E-state index contributed by atoms with van der Waals surface area (Å²) in [5.41, 5.74) is 2.48. The van der Waals surface area contributed by atoms with Gasteiger partial charge in [0.05, 0.1) is 5.56 Å². The Kier molecular flexibility index (Phi) is 3.16. The third-order valence-corrected chi connectivity index (χ3v) is 2.42. The van der Waals surface area contributed by atoms with Crippen molar-refractivity contribution in [1.29, 1.82) is 0 Å². The van der Waals surface area contributed by atoms with Crippen LogP contribution in [0.5, 0.6) is 0 Å². The third kappa shape index (κ3) is 2.57. The number of aliphatic carboxylic acids is 1. The lowest BCUT2D eigenvalue weighted by Gasteiger charge is -1.93. The Morgan fingerprint density at radius 2 is 2.44 bits per heavy atom. The van der Waals surface area contributed by atoms with Gasteiger partial charge in [-0.2, -0.15) is 4.37 Å². The molecule has 16 heavy (non-hydrogen) atoms. The standard InChI is InChI=1S/C9H8N4O2S/c14-8(15)2-4-13-3-1-7(5-11-13)9-10-6-16-12-9/h1,3,5-6H,2,4H2/p+1. The van der Waals surface area contributed by atoms with E-state index < -0.39 is 5.97 Å². The number of aryl methyl sites for hydroxylation is 1. The highest BCUT2D eigenvalue weighted by Crippen LogP contribution is 2.11. The molecule has 0 saturated heterocycles. The molecule has 0 saturated carbocycles. The van der Waals surface area contributed by atoms with Crippen molar-refractivity contribution in [3.8, 4) is 11.4 Å².